The maximum atomic E-state index is 12.9. The number of carbonyl (C=O) groups is 1. The van der Waals surface area contributed by atoms with Crippen molar-refractivity contribution in [1.29, 1.82) is 0 Å². The lowest BCUT2D eigenvalue weighted by molar-refractivity contribution is -0.177. The fourth-order valence-corrected chi connectivity index (χ4v) is 3.84. The topological polar surface area (TPSA) is 56.9 Å². The second-order valence-electron chi connectivity index (χ2n) is 7.10. The largest absolute Gasteiger partial charge is 0.464 e. The average molecular weight is 364 g/mol. The molecule has 0 saturated carbocycles. The molecular weight excluding hydrogens is 340 g/mol. The number of likely N-dealkylation sites (tertiary alicyclic amines) is 1. The Balaban J connectivity index is 1.55. The molecule has 4 rings (SSSR count). The molecule has 3 aromatic rings. The van der Waals surface area contributed by atoms with Crippen molar-refractivity contribution in [2.24, 2.45) is 0 Å². The zero-order valence-corrected chi connectivity index (χ0v) is 15.3. The van der Waals surface area contributed by atoms with E-state index < -0.39 is 0 Å². The third kappa shape index (κ3) is 3.89. The van der Waals surface area contributed by atoms with Crippen LogP contribution < -0.4 is 0 Å². The van der Waals surface area contributed by atoms with Crippen LogP contribution in [0.4, 0.5) is 0 Å². The minimum Gasteiger partial charge on any atom is -0.464 e. The SMILES string of the molecule is O=C(Cc1cccc2occc12)N(O)C(CN1CCCC1)c1ccccc1. The molecule has 1 fully saturated rings. The van der Waals surface area contributed by atoms with Crippen LogP contribution in [-0.2, 0) is 11.2 Å². The van der Waals surface area contributed by atoms with Crippen molar-refractivity contribution in [2.45, 2.75) is 25.3 Å². The van der Waals surface area contributed by atoms with Crippen LogP contribution in [0.25, 0.3) is 11.0 Å². The fourth-order valence-electron chi connectivity index (χ4n) is 3.84. The van der Waals surface area contributed by atoms with Gasteiger partial charge in [0, 0.05) is 11.9 Å². The predicted octanol–water partition coefficient (Wildman–Crippen LogP) is 4.03. The Labute approximate surface area is 158 Å². The van der Waals surface area contributed by atoms with Gasteiger partial charge in [-0.15, -0.1) is 0 Å². The molecule has 140 valence electrons. The van der Waals surface area contributed by atoms with E-state index in [0.717, 1.165) is 40.2 Å². The third-order valence-corrected chi connectivity index (χ3v) is 5.29. The zero-order valence-electron chi connectivity index (χ0n) is 15.3. The normalized spacial score (nSPS) is 15.9. The van der Waals surface area contributed by atoms with Crippen molar-refractivity contribution in [3.63, 3.8) is 0 Å². The van der Waals surface area contributed by atoms with Gasteiger partial charge in [-0.1, -0.05) is 42.5 Å². The van der Waals surface area contributed by atoms with Gasteiger partial charge < -0.3 is 9.32 Å². The lowest BCUT2D eigenvalue weighted by atomic mass is 10.0. The van der Waals surface area contributed by atoms with Crippen molar-refractivity contribution in [3.8, 4) is 0 Å². The molecule has 1 N–H and O–H groups in total. The quantitative estimate of drug-likeness (QED) is 0.530. The Morgan fingerprint density at radius 3 is 2.63 bits per heavy atom. The van der Waals surface area contributed by atoms with E-state index in [2.05, 4.69) is 4.90 Å². The number of nitrogens with zero attached hydrogens (tertiary/aromatic N) is 2. The number of carbonyl (C=O) groups excluding carboxylic acids is 1. The summed E-state index contributed by atoms with van der Waals surface area (Å²) in [6.07, 6.45) is 4.10. The maximum Gasteiger partial charge on any atom is 0.250 e. The summed E-state index contributed by atoms with van der Waals surface area (Å²) in [4.78, 5) is 15.2. The second-order valence-corrected chi connectivity index (χ2v) is 7.10. The highest BCUT2D eigenvalue weighted by atomic mass is 16.5. The molecule has 2 aromatic carbocycles. The van der Waals surface area contributed by atoms with Gasteiger partial charge in [0.2, 0.25) is 0 Å². The Kier molecular flexibility index (Phi) is 5.23. The van der Waals surface area contributed by atoms with Crippen LogP contribution in [0.3, 0.4) is 0 Å². The van der Waals surface area contributed by atoms with E-state index in [1.54, 1.807) is 6.26 Å². The van der Waals surface area contributed by atoms with Crippen LogP contribution in [0, 0.1) is 0 Å². The van der Waals surface area contributed by atoms with Crippen molar-refractivity contribution in [2.75, 3.05) is 19.6 Å². The molecular formula is C22H24N2O3. The van der Waals surface area contributed by atoms with E-state index in [1.807, 2.05) is 54.6 Å². The van der Waals surface area contributed by atoms with Gasteiger partial charge >= 0.3 is 0 Å². The highest BCUT2D eigenvalue weighted by Gasteiger charge is 2.27. The molecule has 5 heteroatoms. The first-order chi connectivity index (χ1) is 13.2. The highest BCUT2D eigenvalue weighted by Crippen LogP contribution is 2.25. The summed E-state index contributed by atoms with van der Waals surface area (Å²) in [7, 11) is 0. The summed E-state index contributed by atoms with van der Waals surface area (Å²) in [5, 5.41) is 12.6. The van der Waals surface area contributed by atoms with E-state index in [9.17, 15) is 10.0 Å². The van der Waals surface area contributed by atoms with Gasteiger partial charge in [-0.2, -0.15) is 0 Å². The second kappa shape index (κ2) is 7.94. The molecule has 2 heterocycles. The molecule has 1 unspecified atom stereocenters. The van der Waals surface area contributed by atoms with E-state index >= 15 is 0 Å². The minimum absolute atomic E-state index is 0.136. The molecule has 1 atom stereocenters. The number of amides is 1. The number of furan rings is 1. The van der Waals surface area contributed by atoms with Crippen LogP contribution in [-0.4, -0.2) is 40.7 Å². The molecule has 5 nitrogen and oxygen atoms in total. The molecule has 0 bridgehead atoms. The molecule has 1 aliphatic rings. The van der Waals surface area contributed by atoms with Gasteiger partial charge in [0.15, 0.2) is 0 Å². The van der Waals surface area contributed by atoms with Gasteiger partial charge in [0.05, 0.1) is 18.7 Å². The lowest BCUT2D eigenvalue weighted by Gasteiger charge is -2.30. The fraction of sp³-hybridized carbons (Fsp3) is 0.318. The number of hydroxylamine groups is 2. The molecule has 1 amide bonds. The Hall–Kier alpha value is -2.63. The molecule has 27 heavy (non-hydrogen) atoms. The zero-order chi connectivity index (χ0) is 18.6. The summed E-state index contributed by atoms with van der Waals surface area (Å²) >= 11 is 0. The van der Waals surface area contributed by atoms with Crippen molar-refractivity contribution < 1.29 is 14.4 Å². The number of rotatable bonds is 6. The standard InChI is InChI=1S/C22H24N2O3/c25-22(15-18-9-6-10-21-19(18)11-14-27-21)24(26)20(16-23-12-4-5-13-23)17-7-2-1-3-8-17/h1-3,6-11,14,20,26H,4-5,12-13,15-16H2. The third-order valence-electron chi connectivity index (χ3n) is 5.29. The van der Waals surface area contributed by atoms with Crippen LogP contribution >= 0.6 is 0 Å². The van der Waals surface area contributed by atoms with Gasteiger partial charge in [-0.25, -0.2) is 5.06 Å². The van der Waals surface area contributed by atoms with Gasteiger partial charge in [0.25, 0.3) is 5.91 Å². The van der Waals surface area contributed by atoms with E-state index in [1.165, 1.54) is 12.8 Å². The summed E-state index contributed by atoms with van der Waals surface area (Å²) < 4.78 is 5.41. The number of fused-ring (bicyclic) bond motifs is 1. The van der Waals surface area contributed by atoms with Gasteiger partial charge in [-0.05, 0) is 49.2 Å². The summed E-state index contributed by atoms with van der Waals surface area (Å²) in [6.45, 7) is 2.67. The van der Waals surface area contributed by atoms with Crippen molar-refractivity contribution >= 4 is 16.9 Å². The Morgan fingerprint density at radius 1 is 1.07 bits per heavy atom. The Morgan fingerprint density at radius 2 is 1.85 bits per heavy atom. The maximum absolute atomic E-state index is 12.9. The molecule has 1 aromatic heterocycles. The molecule has 1 aliphatic heterocycles. The van der Waals surface area contributed by atoms with Crippen LogP contribution in [0.15, 0.2) is 65.3 Å². The predicted molar refractivity (Wildman–Crippen MR) is 103 cm³/mol. The van der Waals surface area contributed by atoms with Crippen LogP contribution in [0.1, 0.15) is 30.0 Å². The molecule has 1 saturated heterocycles. The van der Waals surface area contributed by atoms with Crippen LogP contribution in [0.5, 0.6) is 0 Å². The van der Waals surface area contributed by atoms with Crippen LogP contribution in [0.2, 0.25) is 0 Å². The first-order valence-corrected chi connectivity index (χ1v) is 9.46. The van der Waals surface area contributed by atoms with Crippen molar-refractivity contribution in [3.05, 3.63) is 72.0 Å². The number of benzene rings is 2. The van der Waals surface area contributed by atoms with Crippen molar-refractivity contribution in [1.82, 2.24) is 9.96 Å². The summed E-state index contributed by atoms with van der Waals surface area (Å²) in [6, 6.07) is 16.9. The lowest BCUT2D eigenvalue weighted by Crippen LogP contribution is -2.39. The highest BCUT2D eigenvalue weighted by molar-refractivity contribution is 5.87. The number of hydrogen-bond donors (Lipinski definition) is 1. The monoisotopic (exact) mass is 364 g/mol. The smallest absolute Gasteiger partial charge is 0.250 e. The first kappa shape index (κ1) is 17.8. The first-order valence-electron chi connectivity index (χ1n) is 9.46. The summed E-state index contributed by atoms with van der Waals surface area (Å²) in [5.74, 6) is -0.309. The van der Waals surface area contributed by atoms with Gasteiger partial charge in [-0.3, -0.25) is 10.0 Å². The van der Waals surface area contributed by atoms with E-state index in [-0.39, 0.29) is 18.4 Å². The molecule has 0 radical (unpaired) electrons. The average Bonchev–Trinajstić information content (AvgIpc) is 3.38. The number of hydrogen-bond acceptors (Lipinski definition) is 4. The van der Waals surface area contributed by atoms with E-state index in [4.69, 9.17) is 4.42 Å². The summed E-state index contributed by atoms with van der Waals surface area (Å²) in [5.41, 5.74) is 2.56. The molecule has 0 spiro atoms. The van der Waals surface area contributed by atoms with E-state index in [0.29, 0.717) is 6.54 Å². The minimum atomic E-state index is -0.375. The van der Waals surface area contributed by atoms with Gasteiger partial charge in [0.1, 0.15) is 5.58 Å². The Bertz CT molecular complexity index is 900. The molecule has 0 aliphatic carbocycles.